The molecule has 122 valence electrons. The van der Waals surface area contributed by atoms with E-state index >= 15 is 0 Å². The Labute approximate surface area is 147 Å². The van der Waals surface area contributed by atoms with Crippen LogP contribution in [0.25, 0.3) is 0 Å². The summed E-state index contributed by atoms with van der Waals surface area (Å²) >= 11 is 7.16. The van der Waals surface area contributed by atoms with E-state index in [-0.39, 0.29) is 22.6 Å². The minimum atomic E-state index is -1.16. The first-order valence-corrected chi connectivity index (χ1v) is 8.63. The first-order chi connectivity index (χ1) is 11.5. The lowest BCUT2D eigenvalue weighted by Crippen LogP contribution is -2.49. The molecule has 2 amide bonds. The summed E-state index contributed by atoms with van der Waals surface area (Å²) in [6, 6.07) is 11.4. The molecule has 2 aliphatic heterocycles. The predicted octanol–water partition coefficient (Wildman–Crippen LogP) is 3.39. The van der Waals surface area contributed by atoms with Gasteiger partial charge in [-0.25, -0.2) is 4.39 Å². The fourth-order valence-corrected chi connectivity index (χ4v) is 4.84. The number of hydrogen-bond donors (Lipinski definition) is 0. The molecule has 1 unspecified atom stereocenters. The average Bonchev–Trinajstić information content (AvgIpc) is 3.03. The number of benzene rings is 2. The van der Waals surface area contributed by atoms with Gasteiger partial charge in [0.15, 0.2) is 0 Å². The Kier molecular flexibility index (Phi) is 3.37. The van der Waals surface area contributed by atoms with Gasteiger partial charge in [0.2, 0.25) is 10.8 Å². The summed E-state index contributed by atoms with van der Waals surface area (Å²) in [5.74, 6) is -0.798. The van der Waals surface area contributed by atoms with Crippen LogP contribution in [-0.2, 0) is 14.5 Å². The number of para-hydroxylation sites is 1. The standard InChI is InChI=1S/C17H12ClFN2O2S/c1-20-14-5-3-2-4-11(14)17(16(20)23)21(15(22)9-24-17)10-6-7-13(19)12(18)8-10/h2-8H,9H2,1H3. The number of hydrogen-bond acceptors (Lipinski definition) is 3. The average molecular weight is 363 g/mol. The molecule has 2 aromatic carbocycles. The van der Waals surface area contributed by atoms with Crippen molar-refractivity contribution in [2.45, 2.75) is 4.87 Å². The maximum Gasteiger partial charge on any atom is 0.268 e. The van der Waals surface area contributed by atoms with Gasteiger partial charge >= 0.3 is 0 Å². The Balaban J connectivity index is 1.95. The Hall–Kier alpha value is -2.05. The number of nitrogens with zero attached hydrogens (tertiary/aromatic N) is 2. The molecule has 2 aliphatic rings. The van der Waals surface area contributed by atoms with E-state index in [2.05, 4.69) is 0 Å². The van der Waals surface area contributed by atoms with Crippen molar-refractivity contribution in [1.29, 1.82) is 0 Å². The third-order valence-corrected chi connectivity index (χ3v) is 6.03. The highest BCUT2D eigenvalue weighted by molar-refractivity contribution is 8.02. The predicted molar refractivity (Wildman–Crippen MR) is 92.9 cm³/mol. The first kappa shape index (κ1) is 15.5. The monoisotopic (exact) mass is 362 g/mol. The summed E-state index contributed by atoms with van der Waals surface area (Å²) in [6.07, 6.45) is 0. The SMILES string of the molecule is CN1C(=O)C2(SCC(=O)N2c2ccc(F)c(Cl)c2)c2ccccc21. The summed E-state index contributed by atoms with van der Waals surface area (Å²) in [7, 11) is 1.69. The number of carbonyl (C=O) groups is 2. The van der Waals surface area contributed by atoms with Crippen LogP contribution in [0.3, 0.4) is 0 Å². The first-order valence-electron chi connectivity index (χ1n) is 7.26. The molecule has 2 heterocycles. The van der Waals surface area contributed by atoms with Crippen molar-refractivity contribution in [3.8, 4) is 0 Å². The van der Waals surface area contributed by atoms with Gasteiger partial charge in [-0.2, -0.15) is 0 Å². The second-order valence-electron chi connectivity index (χ2n) is 5.64. The van der Waals surface area contributed by atoms with Crippen LogP contribution in [0.4, 0.5) is 15.8 Å². The lowest BCUT2D eigenvalue weighted by molar-refractivity contribution is -0.123. The van der Waals surface area contributed by atoms with E-state index in [0.29, 0.717) is 5.69 Å². The van der Waals surface area contributed by atoms with Crippen molar-refractivity contribution in [2.75, 3.05) is 22.6 Å². The van der Waals surface area contributed by atoms with Gasteiger partial charge in [-0.15, -0.1) is 11.8 Å². The van der Waals surface area contributed by atoms with Gasteiger partial charge in [0.05, 0.1) is 16.5 Å². The highest BCUT2D eigenvalue weighted by Gasteiger charge is 2.60. The molecule has 7 heteroatoms. The summed E-state index contributed by atoms with van der Waals surface area (Å²) < 4.78 is 13.5. The Morgan fingerprint density at radius 2 is 1.96 bits per heavy atom. The molecule has 0 saturated carbocycles. The van der Waals surface area contributed by atoms with Crippen LogP contribution in [-0.4, -0.2) is 24.6 Å². The van der Waals surface area contributed by atoms with Crippen molar-refractivity contribution in [1.82, 2.24) is 0 Å². The maximum absolute atomic E-state index is 13.5. The number of carbonyl (C=O) groups excluding carboxylic acids is 2. The van der Waals surface area contributed by atoms with Crippen molar-refractivity contribution in [3.05, 3.63) is 58.9 Å². The van der Waals surface area contributed by atoms with Crippen molar-refractivity contribution >= 4 is 46.6 Å². The molecular formula is C17H12ClFN2O2S. The normalized spacial score (nSPS) is 22.6. The molecule has 2 aromatic rings. The largest absolute Gasteiger partial charge is 0.312 e. The lowest BCUT2D eigenvalue weighted by atomic mass is 10.0. The summed E-state index contributed by atoms with van der Waals surface area (Å²) in [6.45, 7) is 0. The number of thioether (sulfide) groups is 1. The molecule has 1 fully saturated rings. The third-order valence-electron chi connectivity index (χ3n) is 4.36. The Bertz CT molecular complexity index is 891. The minimum Gasteiger partial charge on any atom is -0.312 e. The number of amides is 2. The molecule has 0 radical (unpaired) electrons. The second kappa shape index (κ2) is 5.22. The topological polar surface area (TPSA) is 40.6 Å². The number of anilines is 2. The number of halogens is 2. The van der Waals surface area contributed by atoms with E-state index in [9.17, 15) is 14.0 Å². The van der Waals surface area contributed by atoms with Gasteiger partial charge in [-0.1, -0.05) is 29.8 Å². The molecule has 4 rings (SSSR count). The minimum absolute atomic E-state index is 0.0839. The molecular weight excluding hydrogens is 351 g/mol. The van der Waals surface area contributed by atoms with Crippen molar-refractivity contribution < 1.29 is 14.0 Å². The van der Waals surface area contributed by atoms with Gasteiger partial charge < -0.3 is 4.90 Å². The lowest BCUT2D eigenvalue weighted by Gasteiger charge is -2.33. The molecule has 24 heavy (non-hydrogen) atoms. The number of likely N-dealkylation sites (N-methyl/N-ethyl adjacent to an activating group) is 1. The molecule has 0 aromatic heterocycles. The molecule has 0 N–H and O–H groups in total. The smallest absolute Gasteiger partial charge is 0.268 e. The maximum atomic E-state index is 13.5. The summed E-state index contributed by atoms with van der Waals surface area (Å²) in [4.78, 5) is 27.5. The van der Waals surface area contributed by atoms with Crippen LogP contribution >= 0.6 is 23.4 Å². The Morgan fingerprint density at radius 3 is 2.71 bits per heavy atom. The summed E-state index contributed by atoms with van der Waals surface area (Å²) in [5, 5.41) is -0.0839. The fourth-order valence-electron chi connectivity index (χ4n) is 3.28. The van der Waals surface area contributed by atoms with E-state index in [1.165, 1.54) is 34.9 Å². The van der Waals surface area contributed by atoms with Gasteiger partial charge in [-0.3, -0.25) is 14.5 Å². The van der Waals surface area contributed by atoms with Gasteiger partial charge in [0.1, 0.15) is 5.82 Å². The van der Waals surface area contributed by atoms with E-state index in [1.807, 2.05) is 24.3 Å². The molecule has 1 saturated heterocycles. The van der Waals surface area contributed by atoms with E-state index in [4.69, 9.17) is 11.6 Å². The van der Waals surface area contributed by atoms with Gasteiger partial charge in [0.25, 0.3) is 5.91 Å². The summed E-state index contributed by atoms with van der Waals surface area (Å²) in [5.41, 5.74) is 1.94. The zero-order valence-corrected chi connectivity index (χ0v) is 14.2. The highest BCUT2D eigenvalue weighted by atomic mass is 35.5. The molecule has 0 aliphatic carbocycles. The van der Waals surface area contributed by atoms with Crippen LogP contribution in [0.1, 0.15) is 5.56 Å². The molecule has 1 spiro atoms. The van der Waals surface area contributed by atoms with Crippen molar-refractivity contribution in [3.63, 3.8) is 0 Å². The number of rotatable bonds is 1. The van der Waals surface area contributed by atoms with E-state index in [0.717, 1.165) is 11.3 Å². The Morgan fingerprint density at radius 1 is 1.21 bits per heavy atom. The zero-order valence-electron chi connectivity index (χ0n) is 12.6. The third kappa shape index (κ3) is 1.87. The van der Waals surface area contributed by atoms with Crippen LogP contribution in [0.2, 0.25) is 5.02 Å². The highest BCUT2D eigenvalue weighted by Crippen LogP contribution is 2.55. The quantitative estimate of drug-likeness (QED) is 0.780. The molecule has 0 bridgehead atoms. The van der Waals surface area contributed by atoms with Crippen LogP contribution < -0.4 is 9.80 Å². The van der Waals surface area contributed by atoms with E-state index in [1.54, 1.807) is 11.9 Å². The zero-order chi connectivity index (χ0) is 17.1. The fraction of sp³-hybridized carbons (Fsp3) is 0.176. The van der Waals surface area contributed by atoms with Crippen LogP contribution in [0.15, 0.2) is 42.5 Å². The van der Waals surface area contributed by atoms with Gasteiger partial charge in [-0.05, 0) is 24.3 Å². The van der Waals surface area contributed by atoms with E-state index < -0.39 is 10.7 Å². The molecule has 4 nitrogen and oxygen atoms in total. The van der Waals surface area contributed by atoms with Gasteiger partial charge in [0, 0.05) is 18.3 Å². The second-order valence-corrected chi connectivity index (χ2v) is 7.22. The number of fused-ring (bicyclic) bond motifs is 2. The van der Waals surface area contributed by atoms with Crippen LogP contribution in [0, 0.1) is 5.82 Å². The van der Waals surface area contributed by atoms with Crippen molar-refractivity contribution in [2.24, 2.45) is 0 Å². The molecule has 1 atom stereocenters. The van der Waals surface area contributed by atoms with Crippen LogP contribution in [0.5, 0.6) is 0 Å².